The van der Waals surface area contributed by atoms with E-state index in [0.717, 1.165) is 69.0 Å². The van der Waals surface area contributed by atoms with Gasteiger partial charge in [-0.25, -0.2) is 18.6 Å². The van der Waals surface area contributed by atoms with Crippen LogP contribution in [0.3, 0.4) is 0 Å². The highest BCUT2D eigenvalue weighted by atomic mass is 35.5. The summed E-state index contributed by atoms with van der Waals surface area (Å²) in [5, 5.41) is 10.7. The zero-order valence-corrected chi connectivity index (χ0v) is 31.9. The molecule has 2 aromatic heterocycles. The molecule has 18 heteroatoms. The van der Waals surface area contributed by atoms with Crippen LogP contribution in [0.2, 0.25) is 5.15 Å². The Morgan fingerprint density at radius 3 is 2.42 bits per heavy atom. The van der Waals surface area contributed by atoms with Gasteiger partial charge in [0, 0.05) is 49.9 Å². The quantitative estimate of drug-likeness (QED) is 0.0276. The van der Waals surface area contributed by atoms with Crippen LogP contribution in [0.1, 0.15) is 115 Å². The number of piperidine rings is 1. The number of likely N-dealkylation sites (N-methyl/N-ethyl adjacent to an activating group) is 1. The van der Waals surface area contributed by atoms with Crippen LogP contribution in [0.15, 0.2) is 36.5 Å². The van der Waals surface area contributed by atoms with E-state index in [9.17, 15) is 37.5 Å². The summed E-state index contributed by atoms with van der Waals surface area (Å²) in [4.78, 5) is 78.9. The minimum Gasteiger partial charge on any atom is -0.461 e. The Labute approximate surface area is 326 Å². The number of aldehydes is 1. The molecule has 3 aromatic rings. The molecule has 14 nitrogen and oxygen atoms in total. The number of anilines is 3. The molecule has 296 valence electrons. The molecule has 1 aliphatic heterocycles. The fraction of sp³-hybridized carbons (Fsp3) is 0.459. The summed E-state index contributed by atoms with van der Waals surface area (Å²) in [5.74, 6) is -1.75. The molecule has 0 aliphatic carbocycles. The van der Waals surface area contributed by atoms with E-state index >= 15 is 0 Å². The Bertz CT molecular complexity index is 1830. The van der Waals surface area contributed by atoms with Crippen molar-refractivity contribution >= 4 is 75.5 Å². The molecule has 5 amide bonds. The summed E-state index contributed by atoms with van der Waals surface area (Å²) < 4.78 is 34.5. The summed E-state index contributed by atoms with van der Waals surface area (Å²) in [5.41, 5.74) is 1.19. The number of alkyl halides is 2. The lowest BCUT2D eigenvalue weighted by Crippen LogP contribution is -2.53. The maximum atomic E-state index is 13.2. The molecule has 1 fully saturated rings. The number of halogens is 3. The number of nitrogens with one attached hydrogen (secondary N) is 4. The standard InChI is InChI=1S/C37H44ClF2N7O7S/c1-47(29-15-16-31(49)44-35(29)51)36(52)24-12-11-13-26(25(24)21-48)41-17-10-8-6-4-2-3-5-7-9-14-33(50)54-22-23-20-42-30(38)18-27(23)43-37(53)45-32-19-28(34(39)40)46-55-32/h11-13,18-21,29,34,41H,2-10,14-17,22H2,1H3,(H,44,49,51)(H2,42,43,45,53). The SMILES string of the molecule is CN(C(=O)c1cccc(NCCCCCCCCCCCC(=O)OCc2cnc(Cl)cc2NC(=O)Nc2cc(C(F)F)ns2)c1C=O)C1CCC(=O)NC1=O. The number of imide groups is 1. The maximum Gasteiger partial charge on any atom is 0.324 e. The number of carbonyl (C=O) groups is 6. The largest absolute Gasteiger partial charge is 0.461 e. The number of hydrogen-bond donors (Lipinski definition) is 4. The van der Waals surface area contributed by atoms with Crippen LogP contribution < -0.4 is 21.3 Å². The third kappa shape index (κ3) is 13.3. The predicted molar refractivity (Wildman–Crippen MR) is 204 cm³/mol. The lowest BCUT2D eigenvalue weighted by molar-refractivity contribution is -0.145. The molecule has 4 N–H and O–H groups in total. The number of rotatable bonds is 21. The van der Waals surface area contributed by atoms with E-state index in [0.29, 0.717) is 30.5 Å². The third-order valence-corrected chi connectivity index (χ3v) is 9.83. The number of esters is 1. The second-order valence-electron chi connectivity index (χ2n) is 12.9. The van der Waals surface area contributed by atoms with Gasteiger partial charge in [-0.05, 0) is 49.0 Å². The van der Waals surface area contributed by atoms with E-state index in [-0.39, 0.29) is 64.7 Å². The van der Waals surface area contributed by atoms with Gasteiger partial charge in [-0.15, -0.1) is 0 Å². The highest BCUT2D eigenvalue weighted by Gasteiger charge is 2.33. The van der Waals surface area contributed by atoms with Crippen LogP contribution in [0, 0.1) is 0 Å². The molecule has 1 aliphatic rings. The van der Waals surface area contributed by atoms with Gasteiger partial charge < -0.3 is 20.3 Å². The second kappa shape index (κ2) is 21.8. The number of ether oxygens (including phenoxy) is 1. The minimum atomic E-state index is -2.75. The normalized spacial score (nSPS) is 13.9. The van der Waals surface area contributed by atoms with E-state index in [2.05, 4.69) is 30.6 Å². The van der Waals surface area contributed by atoms with Gasteiger partial charge in [0.2, 0.25) is 11.8 Å². The smallest absolute Gasteiger partial charge is 0.324 e. The van der Waals surface area contributed by atoms with Crippen molar-refractivity contribution in [2.75, 3.05) is 29.5 Å². The Balaban J connectivity index is 1.05. The number of urea groups is 1. The first-order valence-electron chi connectivity index (χ1n) is 18.0. The van der Waals surface area contributed by atoms with Gasteiger partial charge in [-0.3, -0.25) is 34.6 Å². The van der Waals surface area contributed by atoms with Crippen LogP contribution in [0.25, 0.3) is 0 Å². The molecular formula is C37H44ClF2N7O7S. The zero-order chi connectivity index (χ0) is 39.7. The van der Waals surface area contributed by atoms with Crippen LogP contribution in [-0.2, 0) is 25.7 Å². The van der Waals surface area contributed by atoms with Gasteiger partial charge in [0.15, 0.2) is 6.29 Å². The Kier molecular flexibility index (Phi) is 16.9. The average molecular weight is 804 g/mol. The van der Waals surface area contributed by atoms with Crippen LogP contribution in [-0.4, -0.2) is 69.9 Å². The van der Waals surface area contributed by atoms with Crippen molar-refractivity contribution in [3.05, 3.63) is 64.1 Å². The number of aromatic nitrogens is 2. The van der Waals surface area contributed by atoms with Crippen molar-refractivity contribution in [2.45, 2.75) is 96.1 Å². The molecule has 1 aromatic carbocycles. The summed E-state index contributed by atoms with van der Waals surface area (Å²) in [6, 6.07) is 5.96. The van der Waals surface area contributed by atoms with Crippen LogP contribution in [0.4, 0.5) is 30.0 Å². The van der Waals surface area contributed by atoms with E-state index in [1.54, 1.807) is 18.2 Å². The first-order valence-corrected chi connectivity index (χ1v) is 19.2. The lowest BCUT2D eigenvalue weighted by atomic mass is 10.0. The number of unbranched alkanes of at least 4 members (excludes halogenated alkanes) is 8. The van der Waals surface area contributed by atoms with Crippen molar-refractivity contribution in [3.8, 4) is 0 Å². The minimum absolute atomic E-state index is 0.0991. The fourth-order valence-electron chi connectivity index (χ4n) is 5.91. The highest BCUT2D eigenvalue weighted by Crippen LogP contribution is 2.26. The topological polar surface area (TPSA) is 189 Å². The molecule has 3 heterocycles. The Morgan fingerprint density at radius 2 is 1.75 bits per heavy atom. The van der Waals surface area contributed by atoms with Crippen molar-refractivity contribution < 1.29 is 42.3 Å². The van der Waals surface area contributed by atoms with Crippen LogP contribution in [0.5, 0.6) is 0 Å². The van der Waals surface area contributed by atoms with Crippen molar-refractivity contribution in [3.63, 3.8) is 0 Å². The van der Waals surface area contributed by atoms with Gasteiger partial charge >= 0.3 is 12.0 Å². The maximum absolute atomic E-state index is 13.2. The van der Waals surface area contributed by atoms with Crippen molar-refractivity contribution in [1.82, 2.24) is 19.6 Å². The fourth-order valence-corrected chi connectivity index (χ4v) is 6.71. The van der Waals surface area contributed by atoms with E-state index in [1.165, 1.54) is 24.2 Å². The molecule has 0 bridgehead atoms. The number of carbonyl (C=O) groups excluding carboxylic acids is 6. The first kappa shape index (κ1) is 42.7. The molecule has 0 radical (unpaired) electrons. The molecule has 0 spiro atoms. The molecular weight excluding hydrogens is 760 g/mol. The molecule has 0 saturated carbocycles. The highest BCUT2D eigenvalue weighted by molar-refractivity contribution is 7.10. The number of amides is 5. The van der Waals surface area contributed by atoms with E-state index in [4.69, 9.17) is 16.3 Å². The lowest BCUT2D eigenvalue weighted by Gasteiger charge is -2.30. The molecule has 1 unspecified atom stereocenters. The van der Waals surface area contributed by atoms with Gasteiger partial charge in [0.05, 0.1) is 16.8 Å². The summed E-state index contributed by atoms with van der Waals surface area (Å²) in [6.45, 7) is 0.484. The van der Waals surface area contributed by atoms with Crippen molar-refractivity contribution in [2.24, 2.45) is 0 Å². The number of pyridine rings is 1. The second-order valence-corrected chi connectivity index (χ2v) is 14.1. The molecule has 4 rings (SSSR count). The Hall–Kier alpha value is -5.03. The number of hydrogen-bond acceptors (Lipinski definition) is 11. The van der Waals surface area contributed by atoms with Crippen molar-refractivity contribution in [1.29, 1.82) is 0 Å². The summed E-state index contributed by atoms with van der Waals surface area (Å²) in [6.07, 6.45) is 8.52. The van der Waals surface area contributed by atoms with Gasteiger partial charge in [-0.1, -0.05) is 62.6 Å². The zero-order valence-electron chi connectivity index (χ0n) is 30.3. The van der Waals surface area contributed by atoms with Gasteiger partial charge in [0.1, 0.15) is 28.5 Å². The molecule has 55 heavy (non-hydrogen) atoms. The molecule has 1 atom stereocenters. The van der Waals surface area contributed by atoms with Crippen LogP contribution >= 0.6 is 23.1 Å². The summed E-state index contributed by atoms with van der Waals surface area (Å²) >= 11 is 6.70. The number of nitrogens with zero attached hydrogens (tertiary/aromatic N) is 3. The number of benzene rings is 1. The predicted octanol–water partition coefficient (Wildman–Crippen LogP) is 7.52. The van der Waals surface area contributed by atoms with E-state index in [1.807, 2.05) is 0 Å². The van der Waals surface area contributed by atoms with Gasteiger partial charge in [0.25, 0.3) is 12.3 Å². The molecule has 1 saturated heterocycles. The monoisotopic (exact) mass is 803 g/mol. The summed E-state index contributed by atoms with van der Waals surface area (Å²) in [7, 11) is 1.49. The first-order chi connectivity index (χ1) is 26.5. The third-order valence-electron chi connectivity index (χ3n) is 8.90. The van der Waals surface area contributed by atoms with Gasteiger partial charge in [-0.2, -0.15) is 4.37 Å². The Morgan fingerprint density at radius 1 is 1.04 bits per heavy atom. The average Bonchev–Trinajstić information content (AvgIpc) is 3.63. The van der Waals surface area contributed by atoms with E-state index < -0.39 is 36.0 Å².